The van der Waals surface area contributed by atoms with Gasteiger partial charge < -0.3 is 19.3 Å². The zero-order valence-corrected chi connectivity index (χ0v) is 13.6. The number of esters is 1. The Balaban J connectivity index is 2.54. The minimum Gasteiger partial charge on any atom is -0.496 e. The van der Waals surface area contributed by atoms with Crippen LogP contribution in [0, 0.1) is 11.8 Å². The molecule has 1 aliphatic rings. The third kappa shape index (κ3) is 2.97. The van der Waals surface area contributed by atoms with Crippen molar-refractivity contribution in [2.24, 2.45) is 11.8 Å². The van der Waals surface area contributed by atoms with Crippen LogP contribution >= 0.6 is 0 Å². The van der Waals surface area contributed by atoms with Gasteiger partial charge in [-0.2, -0.15) is 0 Å². The molecule has 1 aromatic rings. The second kappa shape index (κ2) is 6.87. The summed E-state index contributed by atoms with van der Waals surface area (Å²) in [6, 6.07) is 5.29. The molecule has 0 aliphatic carbocycles. The summed E-state index contributed by atoms with van der Waals surface area (Å²) in [5.41, 5.74) is 0.674. The molecule has 0 bridgehead atoms. The van der Waals surface area contributed by atoms with E-state index < -0.39 is 24.1 Å². The van der Waals surface area contributed by atoms with E-state index in [1.807, 2.05) is 6.92 Å². The minimum atomic E-state index is -0.992. The molecule has 1 aliphatic heterocycles. The van der Waals surface area contributed by atoms with Crippen LogP contribution in [-0.2, 0) is 9.53 Å². The lowest BCUT2D eigenvalue weighted by atomic mass is 9.78. The minimum absolute atomic E-state index is 0.101. The van der Waals surface area contributed by atoms with Crippen molar-refractivity contribution in [2.45, 2.75) is 19.1 Å². The number of benzene rings is 1. The van der Waals surface area contributed by atoms with Gasteiger partial charge in [0, 0.05) is 11.5 Å². The number of methoxy groups -OCH3 is 2. The quantitative estimate of drug-likeness (QED) is 0.514. The van der Waals surface area contributed by atoms with Crippen molar-refractivity contribution in [1.29, 1.82) is 0 Å². The van der Waals surface area contributed by atoms with Gasteiger partial charge in [-0.05, 0) is 12.1 Å². The van der Waals surface area contributed by atoms with Crippen LogP contribution in [0.2, 0.25) is 0 Å². The van der Waals surface area contributed by atoms with Crippen LogP contribution < -0.4 is 9.47 Å². The Bertz CT molecular complexity index is 622. The van der Waals surface area contributed by atoms with Crippen LogP contribution in [0.25, 0.3) is 0 Å². The van der Waals surface area contributed by atoms with Gasteiger partial charge in [-0.1, -0.05) is 25.6 Å². The highest BCUT2D eigenvalue weighted by molar-refractivity contribution is 5.88. The van der Waals surface area contributed by atoms with Crippen molar-refractivity contribution in [3.63, 3.8) is 0 Å². The molecule has 1 heterocycles. The molecule has 1 aromatic carbocycles. The van der Waals surface area contributed by atoms with E-state index in [2.05, 4.69) is 13.2 Å². The van der Waals surface area contributed by atoms with E-state index in [1.165, 1.54) is 14.2 Å². The molecule has 0 amide bonds. The van der Waals surface area contributed by atoms with Crippen molar-refractivity contribution in [1.82, 2.24) is 0 Å². The number of rotatable bonds is 5. The van der Waals surface area contributed by atoms with Crippen LogP contribution in [0.4, 0.5) is 0 Å². The molecule has 0 spiro atoms. The molecule has 0 unspecified atom stereocenters. The van der Waals surface area contributed by atoms with Crippen LogP contribution in [-0.4, -0.2) is 31.4 Å². The topological polar surface area (TPSA) is 65.0 Å². The van der Waals surface area contributed by atoms with E-state index in [0.717, 1.165) is 0 Å². The summed E-state index contributed by atoms with van der Waals surface area (Å²) in [5.74, 6) is -0.293. The molecule has 124 valence electrons. The molecule has 1 N–H and O–H groups in total. The average Bonchev–Trinajstić information content (AvgIpc) is 2.58. The number of fused-ring (bicyclic) bond motifs is 1. The second-order valence-corrected chi connectivity index (χ2v) is 5.54. The third-order valence-corrected chi connectivity index (χ3v) is 4.24. The molecule has 2 rings (SSSR count). The van der Waals surface area contributed by atoms with Gasteiger partial charge in [0.2, 0.25) is 0 Å². The largest absolute Gasteiger partial charge is 0.496 e. The number of aliphatic hydroxyl groups is 1. The lowest BCUT2D eigenvalue weighted by Gasteiger charge is -2.40. The normalized spacial score (nSPS) is 23.9. The van der Waals surface area contributed by atoms with Crippen LogP contribution in [0.3, 0.4) is 0 Å². The summed E-state index contributed by atoms with van der Waals surface area (Å²) in [4.78, 5) is 11.9. The summed E-state index contributed by atoms with van der Waals surface area (Å²) in [6.07, 6.45) is 0.253. The monoisotopic (exact) mass is 318 g/mol. The summed E-state index contributed by atoms with van der Waals surface area (Å²) in [5, 5.41) is 10.9. The van der Waals surface area contributed by atoms with E-state index in [0.29, 0.717) is 17.1 Å². The van der Waals surface area contributed by atoms with E-state index in [1.54, 1.807) is 24.3 Å². The van der Waals surface area contributed by atoms with Crippen molar-refractivity contribution >= 4 is 5.97 Å². The van der Waals surface area contributed by atoms with E-state index in [-0.39, 0.29) is 11.5 Å². The molecule has 0 saturated heterocycles. The number of ether oxygens (including phenoxy) is 3. The number of hydrogen-bond donors (Lipinski definition) is 1. The Hall–Kier alpha value is -2.27. The number of carbonyl (C=O) groups is 1. The first-order valence-electron chi connectivity index (χ1n) is 7.37. The molecule has 0 radical (unpaired) electrons. The average molecular weight is 318 g/mol. The van der Waals surface area contributed by atoms with Crippen molar-refractivity contribution < 1.29 is 24.1 Å². The second-order valence-electron chi connectivity index (χ2n) is 5.54. The Labute approximate surface area is 136 Å². The zero-order chi connectivity index (χ0) is 17.1. The predicted octanol–water partition coefficient (Wildman–Crippen LogP) is 2.66. The highest BCUT2D eigenvalue weighted by Gasteiger charge is 2.44. The molecule has 4 atom stereocenters. The Morgan fingerprint density at radius 3 is 2.70 bits per heavy atom. The Kier molecular flexibility index (Phi) is 5.11. The van der Waals surface area contributed by atoms with Crippen LogP contribution in [0.15, 0.2) is 43.0 Å². The molecule has 5 nitrogen and oxygen atoms in total. The number of aliphatic hydroxyl groups excluding tert-OH is 1. The van der Waals surface area contributed by atoms with Crippen molar-refractivity contribution in [3.05, 3.63) is 48.6 Å². The van der Waals surface area contributed by atoms with Gasteiger partial charge in [-0.25, -0.2) is 4.79 Å². The highest BCUT2D eigenvalue weighted by atomic mass is 16.5. The Morgan fingerprint density at radius 2 is 2.13 bits per heavy atom. The summed E-state index contributed by atoms with van der Waals surface area (Å²) >= 11 is 0. The maximum Gasteiger partial charge on any atom is 0.333 e. The maximum absolute atomic E-state index is 11.9. The first-order chi connectivity index (χ1) is 11.0. The zero-order valence-electron chi connectivity index (χ0n) is 13.6. The lowest BCUT2D eigenvalue weighted by molar-refractivity contribution is -0.138. The van der Waals surface area contributed by atoms with Crippen molar-refractivity contribution in [2.75, 3.05) is 14.2 Å². The van der Waals surface area contributed by atoms with Gasteiger partial charge in [0.25, 0.3) is 0 Å². The van der Waals surface area contributed by atoms with Crippen molar-refractivity contribution in [3.8, 4) is 11.5 Å². The first kappa shape index (κ1) is 17.1. The molecular weight excluding hydrogens is 296 g/mol. The summed E-state index contributed by atoms with van der Waals surface area (Å²) in [6.45, 7) is 9.49. The predicted molar refractivity (Wildman–Crippen MR) is 86.4 cm³/mol. The maximum atomic E-state index is 11.9. The van der Waals surface area contributed by atoms with Crippen LogP contribution in [0.5, 0.6) is 11.5 Å². The van der Waals surface area contributed by atoms with Gasteiger partial charge in [-0.15, -0.1) is 6.58 Å². The smallest absolute Gasteiger partial charge is 0.333 e. The molecule has 5 heteroatoms. The van der Waals surface area contributed by atoms with Crippen LogP contribution in [0.1, 0.15) is 18.6 Å². The molecule has 0 fully saturated rings. The fourth-order valence-corrected chi connectivity index (χ4v) is 2.90. The Morgan fingerprint density at radius 1 is 1.43 bits per heavy atom. The molecule has 23 heavy (non-hydrogen) atoms. The molecule has 0 aromatic heterocycles. The van der Waals surface area contributed by atoms with Gasteiger partial charge in [-0.3, -0.25) is 0 Å². The fourth-order valence-electron chi connectivity index (χ4n) is 2.90. The molecule has 0 saturated carbocycles. The van der Waals surface area contributed by atoms with Gasteiger partial charge in [0.05, 0.1) is 31.8 Å². The summed E-state index contributed by atoms with van der Waals surface area (Å²) in [7, 11) is 2.80. The van der Waals surface area contributed by atoms with Gasteiger partial charge in [0.15, 0.2) is 0 Å². The van der Waals surface area contributed by atoms with E-state index in [4.69, 9.17) is 14.2 Å². The first-order valence-corrected chi connectivity index (χ1v) is 7.37. The fraction of sp³-hybridized carbons (Fsp3) is 0.389. The highest BCUT2D eigenvalue weighted by Crippen LogP contribution is 2.47. The lowest BCUT2D eigenvalue weighted by Crippen LogP contribution is -2.42. The van der Waals surface area contributed by atoms with Gasteiger partial charge >= 0.3 is 5.97 Å². The van der Waals surface area contributed by atoms with E-state index in [9.17, 15) is 9.90 Å². The third-order valence-electron chi connectivity index (χ3n) is 4.24. The molecular formula is C18H22O5. The number of carbonyl (C=O) groups excluding carboxylic acids is 1. The van der Waals surface area contributed by atoms with E-state index >= 15 is 0 Å². The summed E-state index contributed by atoms with van der Waals surface area (Å²) < 4.78 is 16.1. The number of hydrogen-bond acceptors (Lipinski definition) is 5. The standard InChI is InChI=1S/C18H22O5/c1-6-10(2)17-14(11(3)18(20)22-5)16(19)15-12(21-4)8-7-9-13(15)23-17/h6-10,14,16-17,19H,1,3H2,2,4-5H3/t10-,14-,16+,17+/m0/s1. The van der Waals surface area contributed by atoms with Gasteiger partial charge in [0.1, 0.15) is 17.6 Å². The SMILES string of the molecule is C=C[C@H](C)[C@H]1Oc2cccc(OC)c2[C@H](O)[C@@H]1C(=C)C(=O)OC.